The van der Waals surface area contributed by atoms with Crippen molar-refractivity contribution in [1.82, 2.24) is 0 Å². The molecule has 5 nitrogen and oxygen atoms in total. The van der Waals surface area contributed by atoms with E-state index in [9.17, 15) is 9.59 Å². The fourth-order valence-electron chi connectivity index (χ4n) is 3.10. The van der Waals surface area contributed by atoms with E-state index in [-0.39, 0.29) is 24.5 Å². The number of nitrogen functional groups attached to an aromatic ring is 1. The molecule has 2 aromatic rings. The first-order chi connectivity index (χ1) is 12.1. The number of carbonyl (C=O) groups is 2. The summed E-state index contributed by atoms with van der Waals surface area (Å²) in [7, 11) is 1.55. The number of benzene rings is 2. The van der Waals surface area contributed by atoms with Crippen molar-refractivity contribution in [3.63, 3.8) is 0 Å². The first-order valence-electron chi connectivity index (χ1n) is 8.45. The Balaban J connectivity index is 1.58. The highest BCUT2D eigenvalue weighted by Gasteiger charge is 2.15. The number of Topliss-reactive ketones (excluding diaryl/α,β-unsaturated/α-hetero) is 1. The van der Waals surface area contributed by atoms with E-state index in [2.05, 4.69) is 5.32 Å². The predicted molar refractivity (Wildman–Crippen MR) is 98.1 cm³/mol. The van der Waals surface area contributed by atoms with Gasteiger partial charge in [0.1, 0.15) is 5.75 Å². The lowest BCUT2D eigenvalue weighted by atomic mass is 10.0. The topological polar surface area (TPSA) is 81.4 Å². The van der Waals surface area contributed by atoms with Gasteiger partial charge in [0.25, 0.3) is 0 Å². The number of fused-ring (bicyclic) bond motifs is 1. The standard InChI is InChI=1S/C20H22N2O3/c1-25-16-7-8-17(21)18(12-16)22-20(24)10-9-19(23)15-6-5-13-3-2-4-14(13)11-15/h5-8,11-12H,2-4,9-10,21H2,1H3,(H,22,24). The van der Waals surface area contributed by atoms with Gasteiger partial charge in [0.05, 0.1) is 18.5 Å². The van der Waals surface area contributed by atoms with Crippen LogP contribution < -0.4 is 15.8 Å². The minimum absolute atomic E-state index is 0.0107. The number of ketones is 1. The van der Waals surface area contributed by atoms with Crippen LogP contribution in [0.25, 0.3) is 0 Å². The Kier molecular flexibility index (Phi) is 5.03. The predicted octanol–water partition coefficient (Wildman–Crippen LogP) is 3.37. The molecule has 3 rings (SSSR count). The van der Waals surface area contributed by atoms with Gasteiger partial charge in [0.15, 0.2) is 5.78 Å². The number of methoxy groups -OCH3 is 1. The molecule has 1 aliphatic rings. The molecule has 0 aromatic heterocycles. The zero-order valence-electron chi connectivity index (χ0n) is 14.3. The van der Waals surface area contributed by atoms with Crippen molar-refractivity contribution in [2.75, 3.05) is 18.2 Å². The number of ether oxygens (including phenoxy) is 1. The Bertz CT molecular complexity index is 815. The lowest BCUT2D eigenvalue weighted by Crippen LogP contribution is -2.14. The highest BCUT2D eigenvalue weighted by molar-refractivity contribution is 6.01. The summed E-state index contributed by atoms with van der Waals surface area (Å²) in [4.78, 5) is 24.5. The number of aryl methyl sites for hydroxylation is 2. The number of nitrogens with one attached hydrogen (secondary N) is 1. The monoisotopic (exact) mass is 338 g/mol. The van der Waals surface area contributed by atoms with Gasteiger partial charge < -0.3 is 15.8 Å². The average molecular weight is 338 g/mol. The van der Waals surface area contributed by atoms with Gasteiger partial charge in [0.2, 0.25) is 5.91 Å². The third-order valence-corrected chi connectivity index (χ3v) is 4.53. The quantitative estimate of drug-likeness (QED) is 0.625. The van der Waals surface area contributed by atoms with Gasteiger partial charge in [-0.05, 0) is 48.6 Å². The van der Waals surface area contributed by atoms with Crippen LogP contribution in [0.15, 0.2) is 36.4 Å². The summed E-state index contributed by atoms with van der Waals surface area (Å²) in [6.45, 7) is 0. The molecule has 0 saturated carbocycles. The average Bonchev–Trinajstić information content (AvgIpc) is 3.09. The van der Waals surface area contributed by atoms with E-state index in [1.807, 2.05) is 18.2 Å². The first-order valence-corrected chi connectivity index (χ1v) is 8.45. The highest BCUT2D eigenvalue weighted by atomic mass is 16.5. The molecule has 0 saturated heterocycles. The van der Waals surface area contributed by atoms with Crippen LogP contribution in [-0.4, -0.2) is 18.8 Å². The van der Waals surface area contributed by atoms with Gasteiger partial charge >= 0.3 is 0 Å². The Morgan fingerprint density at radius 1 is 1.08 bits per heavy atom. The molecular weight excluding hydrogens is 316 g/mol. The van der Waals surface area contributed by atoms with Crippen LogP contribution in [0.1, 0.15) is 40.7 Å². The van der Waals surface area contributed by atoms with E-state index in [1.54, 1.807) is 25.3 Å². The normalized spacial score (nSPS) is 12.5. The molecule has 0 bridgehead atoms. The third-order valence-electron chi connectivity index (χ3n) is 4.53. The largest absolute Gasteiger partial charge is 0.497 e. The van der Waals surface area contributed by atoms with Gasteiger partial charge in [-0.2, -0.15) is 0 Å². The maximum atomic E-state index is 12.3. The van der Waals surface area contributed by atoms with E-state index in [1.165, 1.54) is 11.1 Å². The minimum atomic E-state index is -0.241. The Labute approximate surface area is 147 Å². The van der Waals surface area contributed by atoms with Crippen LogP contribution in [0, 0.1) is 0 Å². The highest BCUT2D eigenvalue weighted by Crippen LogP contribution is 2.25. The molecule has 25 heavy (non-hydrogen) atoms. The van der Waals surface area contributed by atoms with Crippen LogP contribution in [0.5, 0.6) is 5.75 Å². The van der Waals surface area contributed by atoms with Gasteiger partial charge in [-0.15, -0.1) is 0 Å². The van der Waals surface area contributed by atoms with Crippen molar-refractivity contribution < 1.29 is 14.3 Å². The number of anilines is 2. The molecule has 0 fully saturated rings. The van der Waals surface area contributed by atoms with Crippen molar-refractivity contribution >= 4 is 23.1 Å². The second-order valence-electron chi connectivity index (χ2n) is 6.26. The number of rotatable bonds is 6. The molecule has 0 unspecified atom stereocenters. The fourth-order valence-corrected chi connectivity index (χ4v) is 3.10. The molecule has 5 heteroatoms. The fraction of sp³-hybridized carbons (Fsp3) is 0.300. The second-order valence-corrected chi connectivity index (χ2v) is 6.26. The summed E-state index contributed by atoms with van der Waals surface area (Å²) in [5.41, 5.74) is 10.1. The summed E-state index contributed by atoms with van der Waals surface area (Å²) in [6.07, 6.45) is 3.57. The van der Waals surface area contributed by atoms with Gasteiger partial charge in [-0.1, -0.05) is 12.1 Å². The summed E-state index contributed by atoms with van der Waals surface area (Å²) in [6, 6.07) is 10.9. The van der Waals surface area contributed by atoms with Crippen molar-refractivity contribution in [2.24, 2.45) is 0 Å². The van der Waals surface area contributed by atoms with Crippen molar-refractivity contribution in [3.05, 3.63) is 53.1 Å². The Morgan fingerprint density at radius 2 is 1.88 bits per heavy atom. The SMILES string of the molecule is COc1ccc(N)c(NC(=O)CCC(=O)c2ccc3c(c2)CCC3)c1. The molecule has 1 amide bonds. The third kappa shape index (κ3) is 3.99. The molecule has 130 valence electrons. The van der Waals surface area contributed by atoms with Gasteiger partial charge in [-0.3, -0.25) is 9.59 Å². The lowest BCUT2D eigenvalue weighted by molar-refractivity contribution is -0.116. The first kappa shape index (κ1) is 17.0. The molecule has 0 aliphatic heterocycles. The maximum absolute atomic E-state index is 12.3. The van der Waals surface area contributed by atoms with E-state index >= 15 is 0 Å². The Morgan fingerprint density at radius 3 is 2.68 bits per heavy atom. The van der Waals surface area contributed by atoms with Crippen LogP contribution in [0.4, 0.5) is 11.4 Å². The zero-order chi connectivity index (χ0) is 17.8. The smallest absolute Gasteiger partial charge is 0.224 e. The van der Waals surface area contributed by atoms with Crippen LogP contribution in [0.3, 0.4) is 0 Å². The van der Waals surface area contributed by atoms with Crippen molar-refractivity contribution in [3.8, 4) is 5.75 Å². The lowest BCUT2D eigenvalue weighted by Gasteiger charge is -2.10. The van der Waals surface area contributed by atoms with Crippen LogP contribution in [0.2, 0.25) is 0 Å². The Hall–Kier alpha value is -2.82. The van der Waals surface area contributed by atoms with Crippen molar-refractivity contribution in [1.29, 1.82) is 0 Å². The number of amides is 1. The summed E-state index contributed by atoms with van der Waals surface area (Å²) >= 11 is 0. The summed E-state index contributed by atoms with van der Waals surface area (Å²) < 4.78 is 5.12. The van der Waals surface area contributed by atoms with Crippen LogP contribution in [-0.2, 0) is 17.6 Å². The summed E-state index contributed by atoms with van der Waals surface area (Å²) in [5.74, 6) is 0.358. The molecule has 0 atom stereocenters. The van der Waals surface area contributed by atoms with E-state index in [0.717, 1.165) is 19.3 Å². The molecule has 2 aromatic carbocycles. The van der Waals surface area contributed by atoms with Crippen molar-refractivity contribution in [2.45, 2.75) is 32.1 Å². The molecule has 1 aliphatic carbocycles. The molecule has 3 N–H and O–H groups in total. The van der Waals surface area contributed by atoms with Gasteiger partial charge in [0, 0.05) is 24.5 Å². The maximum Gasteiger partial charge on any atom is 0.224 e. The molecule has 0 radical (unpaired) electrons. The van der Waals surface area contributed by atoms with E-state index < -0.39 is 0 Å². The number of carbonyl (C=O) groups excluding carboxylic acids is 2. The number of nitrogens with two attached hydrogens (primary N) is 1. The van der Waals surface area contributed by atoms with E-state index in [4.69, 9.17) is 10.5 Å². The van der Waals surface area contributed by atoms with E-state index in [0.29, 0.717) is 22.7 Å². The minimum Gasteiger partial charge on any atom is -0.497 e. The van der Waals surface area contributed by atoms with Crippen LogP contribution >= 0.6 is 0 Å². The van der Waals surface area contributed by atoms with Gasteiger partial charge in [-0.25, -0.2) is 0 Å². The molecule has 0 heterocycles. The second kappa shape index (κ2) is 7.38. The number of hydrogen-bond donors (Lipinski definition) is 2. The summed E-state index contributed by atoms with van der Waals surface area (Å²) in [5, 5.41) is 2.74. The zero-order valence-corrected chi connectivity index (χ0v) is 14.3. The molecular formula is C20H22N2O3. The number of hydrogen-bond acceptors (Lipinski definition) is 4. The molecule has 0 spiro atoms.